The quantitative estimate of drug-likeness (QED) is 0.449. The van der Waals surface area contributed by atoms with Crippen molar-refractivity contribution in [3.8, 4) is 0 Å². The molecule has 1 aliphatic heterocycles. The SMILES string of the molecule is COC(=O)C1(Nc2ccccc2)CCN(CCc2ccccc2[N+](=O)[O-])CC1. The number of para-hydroxylation sites is 2. The van der Waals surface area contributed by atoms with Crippen LogP contribution < -0.4 is 5.32 Å². The zero-order chi connectivity index (χ0) is 20.0. The van der Waals surface area contributed by atoms with E-state index in [4.69, 9.17) is 4.74 Å². The van der Waals surface area contributed by atoms with Gasteiger partial charge in [-0.25, -0.2) is 4.79 Å². The van der Waals surface area contributed by atoms with Crippen molar-refractivity contribution in [3.63, 3.8) is 0 Å². The number of carbonyl (C=O) groups excluding carboxylic acids is 1. The molecule has 1 saturated heterocycles. The van der Waals surface area contributed by atoms with Crippen molar-refractivity contribution in [1.82, 2.24) is 4.90 Å². The highest BCUT2D eigenvalue weighted by atomic mass is 16.6. The number of nitrogens with one attached hydrogen (secondary N) is 1. The van der Waals surface area contributed by atoms with Gasteiger partial charge < -0.3 is 15.0 Å². The van der Waals surface area contributed by atoms with E-state index < -0.39 is 5.54 Å². The van der Waals surface area contributed by atoms with Crippen molar-refractivity contribution < 1.29 is 14.5 Å². The Morgan fingerprint density at radius 2 is 1.79 bits per heavy atom. The van der Waals surface area contributed by atoms with Crippen LogP contribution in [0.4, 0.5) is 11.4 Å². The number of piperidine rings is 1. The molecule has 28 heavy (non-hydrogen) atoms. The van der Waals surface area contributed by atoms with Crippen LogP contribution in [0.25, 0.3) is 0 Å². The lowest BCUT2D eigenvalue weighted by atomic mass is 9.86. The minimum absolute atomic E-state index is 0.161. The number of benzene rings is 2. The predicted molar refractivity (Wildman–Crippen MR) is 107 cm³/mol. The summed E-state index contributed by atoms with van der Waals surface area (Å²) in [4.78, 5) is 25.6. The van der Waals surface area contributed by atoms with Gasteiger partial charge in [0, 0.05) is 37.0 Å². The van der Waals surface area contributed by atoms with Crippen molar-refractivity contribution in [3.05, 3.63) is 70.3 Å². The summed E-state index contributed by atoms with van der Waals surface area (Å²) < 4.78 is 5.08. The van der Waals surface area contributed by atoms with Crippen LogP contribution in [0, 0.1) is 10.1 Å². The molecule has 1 heterocycles. The van der Waals surface area contributed by atoms with E-state index >= 15 is 0 Å². The first kappa shape index (κ1) is 19.8. The molecule has 7 nitrogen and oxygen atoms in total. The van der Waals surface area contributed by atoms with Crippen molar-refractivity contribution in [2.45, 2.75) is 24.8 Å². The molecule has 0 aromatic heterocycles. The Morgan fingerprint density at radius 1 is 1.14 bits per heavy atom. The molecule has 1 N–H and O–H groups in total. The van der Waals surface area contributed by atoms with E-state index in [2.05, 4.69) is 10.2 Å². The van der Waals surface area contributed by atoms with Crippen molar-refractivity contribution in [2.24, 2.45) is 0 Å². The molecule has 0 atom stereocenters. The number of esters is 1. The number of carbonyl (C=O) groups is 1. The third kappa shape index (κ3) is 4.48. The summed E-state index contributed by atoms with van der Waals surface area (Å²) in [5, 5.41) is 14.5. The summed E-state index contributed by atoms with van der Waals surface area (Å²) in [5.41, 5.74) is 1.04. The molecule has 148 valence electrons. The highest BCUT2D eigenvalue weighted by Gasteiger charge is 2.42. The minimum Gasteiger partial charge on any atom is -0.467 e. The smallest absolute Gasteiger partial charge is 0.331 e. The summed E-state index contributed by atoms with van der Waals surface area (Å²) in [7, 11) is 1.41. The molecule has 2 aromatic carbocycles. The van der Waals surface area contributed by atoms with Crippen LogP contribution in [-0.4, -0.2) is 48.1 Å². The van der Waals surface area contributed by atoms with E-state index in [-0.39, 0.29) is 16.6 Å². The van der Waals surface area contributed by atoms with Gasteiger partial charge in [-0.05, 0) is 31.4 Å². The highest BCUT2D eigenvalue weighted by molar-refractivity contribution is 5.84. The third-order valence-corrected chi connectivity index (χ3v) is 5.33. The first-order valence-corrected chi connectivity index (χ1v) is 9.40. The summed E-state index contributed by atoms with van der Waals surface area (Å²) in [6.45, 7) is 2.15. The molecule has 0 bridgehead atoms. The van der Waals surface area contributed by atoms with Gasteiger partial charge in [-0.2, -0.15) is 0 Å². The Bertz CT molecular complexity index is 817. The van der Waals surface area contributed by atoms with E-state index in [1.807, 2.05) is 36.4 Å². The number of rotatable bonds is 7. The molecule has 0 aliphatic carbocycles. The normalized spacial score (nSPS) is 16.3. The fraction of sp³-hybridized carbons (Fsp3) is 0.381. The van der Waals surface area contributed by atoms with Gasteiger partial charge in [0.25, 0.3) is 5.69 Å². The molecule has 0 spiro atoms. The number of ether oxygens (including phenoxy) is 1. The Balaban J connectivity index is 1.63. The van der Waals surface area contributed by atoms with Gasteiger partial charge in [0.15, 0.2) is 0 Å². The lowest BCUT2D eigenvalue weighted by Crippen LogP contribution is -2.55. The van der Waals surface area contributed by atoms with Crippen LogP contribution in [0.1, 0.15) is 18.4 Å². The third-order valence-electron chi connectivity index (χ3n) is 5.33. The summed E-state index contributed by atoms with van der Waals surface area (Å²) in [6, 6.07) is 16.5. The van der Waals surface area contributed by atoms with Gasteiger partial charge in [-0.1, -0.05) is 36.4 Å². The van der Waals surface area contributed by atoms with Crippen LogP contribution in [0.3, 0.4) is 0 Å². The predicted octanol–water partition coefficient (Wildman–Crippen LogP) is 3.26. The fourth-order valence-corrected chi connectivity index (χ4v) is 3.71. The number of likely N-dealkylation sites (tertiary alicyclic amines) is 1. The van der Waals surface area contributed by atoms with Gasteiger partial charge in [0.2, 0.25) is 0 Å². The number of nitro groups is 1. The van der Waals surface area contributed by atoms with E-state index in [1.54, 1.807) is 12.1 Å². The molecule has 7 heteroatoms. The Morgan fingerprint density at radius 3 is 2.43 bits per heavy atom. The van der Waals surface area contributed by atoms with Gasteiger partial charge in [-0.3, -0.25) is 10.1 Å². The van der Waals surface area contributed by atoms with E-state index in [0.29, 0.717) is 25.8 Å². The summed E-state index contributed by atoms with van der Waals surface area (Å²) in [6.07, 6.45) is 1.84. The Hall–Kier alpha value is -2.93. The van der Waals surface area contributed by atoms with E-state index in [9.17, 15) is 14.9 Å². The number of hydrogen-bond donors (Lipinski definition) is 1. The summed E-state index contributed by atoms with van der Waals surface area (Å²) >= 11 is 0. The molecule has 1 aliphatic rings. The van der Waals surface area contributed by atoms with E-state index in [0.717, 1.165) is 24.3 Å². The van der Waals surface area contributed by atoms with Crippen LogP contribution in [0.15, 0.2) is 54.6 Å². The largest absolute Gasteiger partial charge is 0.467 e. The first-order valence-electron chi connectivity index (χ1n) is 9.40. The number of anilines is 1. The fourth-order valence-electron chi connectivity index (χ4n) is 3.71. The molecular formula is C21H25N3O4. The van der Waals surface area contributed by atoms with Crippen molar-refractivity contribution >= 4 is 17.3 Å². The monoisotopic (exact) mass is 383 g/mol. The standard InChI is InChI=1S/C21H25N3O4/c1-28-20(25)21(22-18-8-3-2-4-9-18)12-15-23(16-13-21)14-11-17-7-5-6-10-19(17)24(26)27/h2-10,22H,11-16H2,1H3. The minimum atomic E-state index is -0.745. The van der Waals surface area contributed by atoms with Gasteiger partial charge in [0.05, 0.1) is 12.0 Å². The lowest BCUT2D eigenvalue weighted by molar-refractivity contribution is -0.385. The van der Waals surface area contributed by atoms with Crippen LogP contribution in [0.2, 0.25) is 0 Å². The van der Waals surface area contributed by atoms with Crippen LogP contribution in [-0.2, 0) is 16.0 Å². The zero-order valence-corrected chi connectivity index (χ0v) is 16.0. The van der Waals surface area contributed by atoms with Gasteiger partial charge >= 0.3 is 5.97 Å². The highest BCUT2D eigenvalue weighted by Crippen LogP contribution is 2.29. The number of methoxy groups -OCH3 is 1. The summed E-state index contributed by atoms with van der Waals surface area (Å²) in [5.74, 6) is -0.255. The van der Waals surface area contributed by atoms with E-state index in [1.165, 1.54) is 13.2 Å². The molecule has 0 unspecified atom stereocenters. The Kier molecular flexibility index (Phi) is 6.26. The zero-order valence-electron chi connectivity index (χ0n) is 16.0. The average Bonchev–Trinajstić information content (AvgIpc) is 2.73. The lowest BCUT2D eigenvalue weighted by Gasteiger charge is -2.40. The maximum Gasteiger partial charge on any atom is 0.331 e. The second-order valence-corrected chi connectivity index (χ2v) is 7.04. The van der Waals surface area contributed by atoms with Gasteiger partial charge in [0.1, 0.15) is 5.54 Å². The number of hydrogen-bond acceptors (Lipinski definition) is 6. The first-order chi connectivity index (χ1) is 13.5. The van der Waals surface area contributed by atoms with Crippen LogP contribution in [0.5, 0.6) is 0 Å². The molecule has 2 aromatic rings. The van der Waals surface area contributed by atoms with Crippen molar-refractivity contribution in [1.29, 1.82) is 0 Å². The number of nitro benzene ring substituents is 1. The topological polar surface area (TPSA) is 84.7 Å². The molecule has 0 amide bonds. The van der Waals surface area contributed by atoms with Crippen LogP contribution >= 0.6 is 0 Å². The van der Waals surface area contributed by atoms with Gasteiger partial charge in [-0.15, -0.1) is 0 Å². The molecule has 3 rings (SSSR count). The molecule has 0 radical (unpaired) electrons. The number of nitrogens with zero attached hydrogens (tertiary/aromatic N) is 2. The second-order valence-electron chi connectivity index (χ2n) is 7.04. The Labute approximate surface area is 164 Å². The van der Waals surface area contributed by atoms with Crippen molar-refractivity contribution in [2.75, 3.05) is 32.1 Å². The second kappa shape index (κ2) is 8.84. The molecule has 1 fully saturated rings. The maximum atomic E-state index is 12.5. The molecular weight excluding hydrogens is 358 g/mol. The maximum absolute atomic E-state index is 12.5. The average molecular weight is 383 g/mol. The molecule has 0 saturated carbocycles.